The van der Waals surface area contributed by atoms with Gasteiger partial charge in [-0.1, -0.05) is 435 Å². The van der Waals surface area contributed by atoms with E-state index in [9.17, 15) is 0 Å². The van der Waals surface area contributed by atoms with E-state index >= 15 is 8.42 Å². The van der Waals surface area contributed by atoms with Crippen LogP contribution in [-0.2, 0) is 31.5 Å². The van der Waals surface area contributed by atoms with Gasteiger partial charge in [-0.15, -0.1) is 22.7 Å². The van der Waals surface area contributed by atoms with Crippen molar-refractivity contribution >= 4 is 202 Å². The van der Waals surface area contributed by atoms with Crippen molar-refractivity contribution in [2.45, 2.75) is 115 Å². The molecule has 0 aliphatic rings. The van der Waals surface area contributed by atoms with Crippen LogP contribution < -0.4 is 0 Å². The molecule has 5 heteroatoms. The van der Waals surface area contributed by atoms with E-state index in [0.717, 1.165) is 193 Å². The van der Waals surface area contributed by atoms with Crippen molar-refractivity contribution in [1.29, 1.82) is 0 Å². The van der Waals surface area contributed by atoms with Gasteiger partial charge in [0, 0.05) is 51.5 Å². The SMILES string of the molecule is CC(C)(C)c1ccc2cc(-c3c4ccccc4c(-c4ccc5c(c4)sc4ccc(-c6c7ccccc7c(-c7ccc8cc(C(C)(C)C)ccc8c7)c7ccccc67)c(S(=O)(=O)c6c(-c7c8ccccc8c(-c8ccc9cc(C(C)(C)C)ccc9c8)c8ccccc78)ccc7sc8cc(-c9c%10ccccc%10c(-c%10ccc%11cc(C(C)(C)C)ccc%11c%10)c%10ccccc9%10)ccc8c67)c45)c4ccccc34)ccc2c1. The van der Waals surface area contributed by atoms with Gasteiger partial charge >= 0.3 is 0 Å². The molecule has 24 aromatic carbocycles. The summed E-state index contributed by atoms with van der Waals surface area (Å²) in [6, 6.07) is 149. The number of sulfone groups is 1. The summed E-state index contributed by atoms with van der Waals surface area (Å²) in [6.07, 6.45) is 0. The lowest BCUT2D eigenvalue weighted by Crippen LogP contribution is -2.10. The summed E-state index contributed by atoms with van der Waals surface area (Å²) >= 11 is 3.35. The normalized spacial score (nSPS) is 12.7. The largest absolute Gasteiger partial charge is 0.218 e. The Morgan fingerprint density at radius 3 is 0.567 bits per heavy atom. The zero-order valence-corrected chi connectivity index (χ0v) is 83.6. The monoisotopic (exact) mass is 1860 g/mol. The molecule has 0 saturated heterocycles. The zero-order valence-electron chi connectivity index (χ0n) is 81.1. The fourth-order valence-corrected chi connectivity index (χ4v) is 28.0. The minimum absolute atomic E-state index is 0.0131. The number of thiophene rings is 2. The van der Waals surface area contributed by atoms with E-state index in [2.05, 4.69) is 483 Å². The van der Waals surface area contributed by atoms with Crippen LogP contribution in [0.4, 0.5) is 0 Å². The standard InChI is InChI=1S/C136H102O2S3/c1-133(2,3)93-59-53-79-69-87(49-45-83(79)73-93)121-97-29-13-17-33-101(97)125(102-34-18-14-30-98(102)121)91-57-63-113-119(77-91)139-117-67-65-115(127-109-41-25-21-37-105(109)123(106-38-22-26-42-110(106)127)89-51-47-85-75-95(135(7,8)9)61-55-81(85)71-89)131(129(113)117)141(137,138)132-116(128-111-43-27-23-39-107(111)124(108-40-24-28-44-112(108)128)90-52-48-86-76-96(136(10,11)12)62-56-82(86)72-90)66-68-118-130(132)114-64-58-92(78-120(114)140-118)126-103-35-19-15-31-99(103)122(100-32-16-20-36-104(100)126)88-50-46-84-74-94(134(4,5)6)60-54-80(84)70-88/h13-78H,1-12H3. The first kappa shape index (κ1) is 86.2. The maximum Gasteiger partial charge on any atom is 0.209 e. The van der Waals surface area contributed by atoms with E-state index in [1.807, 2.05) is 0 Å². The lowest BCUT2D eigenvalue weighted by atomic mass is 9.84. The van der Waals surface area contributed by atoms with Gasteiger partial charge in [0.2, 0.25) is 9.84 Å². The molecule has 0 radical (unpaired) electrons. The Hall–Kier alpha value is -15.2. The Morgan fingerprint density at radius 2 is 0.355 bits per heavy atom. The second-order valence-corrected chi connectivity index (χ2v) is 47.2. The second kappa shape index (κ2) is 31.9. The third-order valence-electron chi connectivity index (χ3n) is 30.5. The lowest BCUT2D eigenvalue weighted by Gasteiger charge is -2.23. The van der Waals surface area contributed by atoms with Gasteiger partial charge in [0.25, 0.3) is 0 Å². The van der Waals surface area contributed by atoms with Gasteiger partial charge < -0.3 is 0 Å². The molecule has 0 unspecified atom stereocenters. The molecule has 2 heterocycles. The van der Waals surface area contributed by atoms with Crippen LogP contribution in [0.15, 0.2) is 410 Å². The Kier molecular flexibility index (Phi) is 19.5. The maximum absolute atomic E-state index is 19.6. The molecular formula is C136H102O2S3. The van der Waals surface area contributed by atoms with Gasteiger partial charge in [0.15, 0.2) is 0 Å². The van der Waals surface area contributed by atoms with Crippen molar-refractivity contribution < 1.29 is 8.42 Å². The van der Waals surface area contributed by atoms with E-state index in [-0.39, 0.29) is 31.5 Å². The van der Waals surface area contributed by atoms with Gasteiger partial charge in [0.1, 0.15) is 0 Å². The quantitative estimate of drug-likeness (QED) is 0.128. The molecule has 0 aliphatic carbocycles. The van der Waals surface area contributed by atoms with Crippen molar-refractivity contribution in [3.05, 3.63) is 423 Å². The van der Waals surface area contributed by atoms with Crippen LogP contribution in [0, 0.1) is 0 Å². The highest BCUT2D eigenvalue weighted by Gasteiger charge is 2.37. The summed E-state index contributed by atoms with van der Waals surface area (Å²) in [7, 11) is -4.88. The first-order valence-electron chi connectivity index (χ1n) is 49.4. The summed E-state index contributed by atoms with van der Waals surface area (Å²) < 4.78 is 42.9. The van der Waals surface area contributed by atoms with Crippen molar-refractivity contribution in [1.82, 2.24) is 0 Å². The highest BCUT2D eigenvalue weighted by atomic mass is 32.2. The highest BCUT2D eigenvalue weighted by Crippen LogP contribution is 2.58. The zero-order chi connectivity index (χ0) is 95.8. The van der Waals surface area contributed by atoms with Crippen LogP contribution in [0.3, 0.4) is 0 Å². The van der Waals surface area contributed by atoms with E-state index in [1.165, 1.54) is 65.7 Å². The van der Waals surface area contributed by atoms with Gasteiger partial charge in [-0.25, -0.2) is 8.42 Å². The fraction of sp³-hybridized carbons (Fsp3) is 0.118. The smallest absolute Gasteiger partial charge is 0.209 e. The molecule has 141 heavy (non-hydrogen) atoms. The molecule has 0 saturated carbocycles. The van der Waals surface area contributed by atoms with Crippen LogP contribution in [0.2, 0.25) is 0 Å². The first-order chi connectivity index (χ1) is 68.2. The predicted molar refractivity (Wildman–Crippen MR) is 612 cm³/mol. The molecule has 0 N–H and O–H groups in total. The second-order valence-electron chi connectivity index (χ2n) is 43.2. The minimum Gasteiger partial charge on any atom is -0.218 e. The Labute approximate surface area is 830 Å². The van der Waals surface area contributed by atoms with Gasteiger partial charge in [-0.3, -0.25) is 0 Å². The Bertz CT molecular complexity index is 9270. The molecule has 26 rings (SSSR count). The maximum atomic E-state index is 19.6. The van der Waals surface area contributed by atoms with E-state index < -0.39 is 9.84 Å². The number of hydrogen-bond acceptors (Lipinski definition) is 4. The Balaban J connectivity index is 0.753. The Morgan fingerprint density at radius 1 is 0.170 bits per heavy atom. The van der Waals surface area contributed by atoms with Crippen LogP contribution in [0.25, 0.3) is 259 Å². The van der Waals surface area contributed by atoms with E-state index in [1.54, 1.807) is 22.7 Å². The predicted octanol–water partition coefficient (Wildman–Crippen LogP) is 39.6. The average Bonchev–Trinajstić information content (AvgIpc) is 1.64. The van der Waals surface area contributed by atoms with E-state index in [4.69, 9.17) is 0 Å². The van der Waals surface area contributed by atoms with Gasteiger partial charge in [-0.05, 0) is 300 Å². The topological polar surface area (TPSA) is 34.1 Å². The first-order valence-corrected chi connectivity index (χ1v) is 52.5. The molecule has 26 aromatic rings. The summed E-state index contributed by atoms with van der Waals surface area (Å²) in [5, 5.41) is 29.8. The van der Waals surface area contributed by atoms with Crippen LogP contribution >= 0.6 is 22.7 Å². The molecule has 0 atom stereocenters. The molecule has 2 nitrogen and oxygen atoms in total. The molecule has 0 amide bonds. The average molecular weight is 1860 g/mol. The van der Waals surface area contributed by atoms with Crippen molar-refractivity contribution in [2.24, 2.45) is 0 Å². The fourth-order valence-electron chi connectivity index (χ4n) is 23.5. The van der Waals surface area contributed by atoms with Gasteiger partial charge in [-0.2, -0.15) is 0 Å². The molecule has 0 bridgehead atoms. The summed E-state index contributed by atoms with van der Waals surface area (Å²) in [5.74, 6) is 0. The van der Waals surface area contributed by atoms with Crippen molar-refractivity contribution in [3.8, 4) is 89.0 Å². The van der Waals surface area contributed by atoms with Crippen LogP contribution in [0.1, 0.15) is 105 Å². The van der Waals surface area contributed by atoms with E-state index in [0.29, 0.717) is 21.9 Å². The van der Waals surface area contributed by atoms with Crippen LogP contribution in [-0.4, -0.2) is 8.42 Å². The number of rotatable bonds is 10. The lowest BCUT2D eigenvalue weighted by molar-refractivity contribution is 0.591. The number of benzene rings is 24. The number of hydrogen-bond donors (Lipinski definition) is 0. The molecule has 676 valence electrons. The molecule has 0 spiro atoms. The molecule has 0 aliphatic heterocycles. The van der Waals surface area contributed by atoms with Crippen molar-refractivity contribution in [3.63, 3.8) is 0 Å². The highest BCUT2D eigenvalue weighted by molar-refractivity contribution is 7.92. The third-order valence-corrected chi connectivity index (χ3v) is 34.7. The summed E-state index contributed by atoms with van der Waals surface area (Å²) in [5.41, 5.74) is 21.6. The van der Waals surface area contributed by atoms with Gasteiger partial charge in [0.05, 0.1) is 9.79 Å². The van der Waals surface area contributed by atoms with Crippen LogP contribution in [0.5, 0.6) is 0 Å². The molecule has 2 aromatic heterocycles. The summed E-state index contributed by atoms with van der Waals surface area (Å²) in [6.45, 7) is 27.3. The minimum atomic E-state index is -4.88. The number of fused-ring (bicyclic) bond motifs is 18. The molecule has 0 fully saturated rings. The summed E-state index contributed by atoms with van der Waals surface area (Å²) in [4.78, 5) is 0.542. The third kappa shape index (κ3) is 13.8. The molecular weight excluding hydrogens is 1760 g/mol. The van der Waals surface area contributed by atoms with Crippen molar-refractivity contribution in [2.75, 3.05) is 0 Å².